The fourth-order valence-corrected chi connectivity index (χ4v) is 5.24. The van der Waals surface area contributed by atoms with E-state index in [2.05, 4.69) is 17.0 Å². The molecule has 0 aliphatic carbocycles. The number of ether oxygens (including phenoxy) is 6. The molecule has 0 bridgehead atoms. The van der Waals surface area contributed by atoms with Crippen LogP contribution >= 0.6 is 0 Å². The molecule has 0 spiro atoms. The number of carbonyl (C=O) groups is 1. The van der Waals surface area contributed by atoms with Crippen LogP contribution in [0.1, 0.15) is 41.2 Å². The Hall–Kier alpha value is -3.13. The Morgan fingerprint density at radius 2 is 1.50 bits per heavy atom. The van der Waals surface area contributed by atoms with E-state index in [9.17, 15) is 4.79 Å². The van der Waals surface area contributed by atoms with Gasteiger partial charge >= 0.3 is 5.97 Å². The molecular formula is C26H33NO7. The lowest BCUT2D eigenvalue weighted by molar-refractivity contribution is -0.142. The number of aryl methyl sites for hydroxylation is 1. The highest BCUT2D eigenvalue weighted by atomic mass is 16.5. The molecule has 2 aromatic rings. The van der Waals surface area contributed by atoms with E-state index in [4.69, 9.17) is 28.4 Å². The number of hydrogen-bond acceptors (Lipinski definition) is 8. The van der Waals surface area contributed by atoms with Crippen LogP contribution in [0.2, 0.25) is 0 Å². The molecule has 2 heterocycles. The van der Waals surface area contributed by atoms with Gasteiger partial charge in [0.1, 0.15) is 6.61 Å². The van der Waals surface area contributed by atoms with Crippen LogP contribution in [-0.4, -0.2) is 52.5 Å². The minimum absolute atomic E-state index is 0.128. The zero-order chi connectivity index (χ0) is 24.4. The van der Waals surface area contributed by atoms with Gasteiger partial charge in [0.05, 0.1) is 35.5 Å². The highest BCUT2D eigenvalue weighted by Gasteiger charge is 2.36. The average molecular weight is 472 g/mol. The zero-order valence-corrected chi connectivity index (χ0v) is 20.8. The Balaban J connectivity index is 1.78. The maximum atomic E-state index is 11.6. The van der Waals surface area contributed by atoms with E-state index in [-0.39, 0.29) is 12.6 Å². The molecule has 8 heteroatoms. The van der Waals surface area contributed by atoms with E-state index < -0.39 is 0 Å². The predicted octanol–water partition coefficient (Wildman–Crippen LogP) is 3.67. The van der Waals surface area contributed by atoms with Gasteiger partial charge in [0.2, 0.25) is 5.75 Å². The normalized spacial score (nSPS) is 16.9. The number of hydrogen-bond donors (Lipinski definition) is 0. The molecule has 2 aliphatic heterocycles. The predicted molar refractivity (Wildman–Crippen MR) is 126 cm³/mol. The summed E-state index contributed by atoms with van der Waals surface area (Å²) in [4.78, 5) is 14.1. The third kappa shape index (κ3) is 4.22. The molecule has 2 aliphatic rings. The molecule has 1 atom stereocenters. The summed E-state index contributed by atoms with van der Waals surface area (Å²) in [6.45, 7) is 3.01. The van der Waals surface area contributed by atoms with Crippen LogP contribution in [0.15, 0.2) is 12.1 Å². The molecule has 184 valence electrons. The van der Waals surface area contributed by atoms with Gasteiger partial charge in [0.25, 0.3) is 0 Å². The Morgan fingerprint density at radius 3 is 2.09 bits per heavy atom. The van der Waals surface area contributed by atoms with Crippen LogP contribution < -0.4 is 23.7 Å². The van der Waals surface area contributed by atoms with Crippen molar-refractivity contribution in [1.82, 2.24) is 4.90 Å². The van der Waals surface area contributed by atoms with Gasteiger partial charge in [-0.05, 0) is 48.1 Å². The summed E-state index contributed by atoms with van der Waals surface area (Å²) in [7, 11) is 8.16. The molecule has 8 nitrogen and oxygen atoms in total. The van der Waals surface area contributed by atoms with Crippen LogP contribution in [-0.2, 0) is 42.1 Å². The van der Waals surface area contributed by atoms with E-state index in [0.29, 0.717) is 29.8 Å². The Kier molecular flexibility index (Phi) is 7.07. The summed E-state index contributed by atoms with van der Waals surface area (Å²) >= 11 is 0. The van der Waals surface area contributed by atoms with Crippen molar-refractivity contribution in [3.63, 3.8) is 0 Å². The average Bonchev–Trinajstić information content (AvgIpc) is 3.02. The number of benzene rings is 2. The van der Waals surface area contributed by atoms with Gasteiger partial charge in [-0.3, -0.25) is 9.69 Å². The molecule has 34 heavy (non-hydrogen) atoms. The van der Waals surface area contributed by atoms with Crippen molar-refractivity contribution in [3.8, 4) is 28.7 Å². The maximum absolute atomic E-state index is 11.6. The molecular weight excluding hydrogens is 438 g/mol. The van der Waals surface area contributed by atoms with Crippen LogP contribution in [0.5, 0.6) is 28.7 Å². The van der Waals surface area contributed by atoms with Gasteiger partial charge in [-0.1, -0.05) is 0 Å². The number of rotatable bonds is 7. The first-order chi connectivity index (χ1) is 16.4. The Morgan fingerprint density at radius 1 is 0.853 bits per heavy atom. The van der Waals surface area contributed by atoms with Crippen molar-refractivity contribution < 1.29 is 33.2 Å². The van der Waals surface area contributed by atoms with Crippen LogP contribution in [0.25, 0.3) is 0 Å². The van der Waals surface area contributed by atoms with Crippen molar-refractivity contribution in [2.24, 2.45) is 0 Å². The number of methoxy groups -OCH3 is 5. The van der Waals surface area contributed by atoms with Gasteiger partial charge < -0.3 is 28.4 Å². The summed E-state index contributed by atoms with van der Waals surface area (Å²) in [6, 6.07) is 4.50. The topological polar surface area (TPSA) is 75.7 Å². The Labute approximate surface area is 200 Å². The van der Waals surface area contributed by atoms with E-state index in [0.717, 1.165) is 54.0 Å². The number of esters is 1. The van der Waals surface area contributed by atoms with Gasteiger partial charge in [-0.15, -0.1) is 0 Å². The van der Waals surface area contributed by atoms with Crippen molar-refractivity contribution in [3.05, 3.63) is 39.9 Å². The number of fused-ring (bicyclic) bond motifs is 3. The monoisotopic (exact) mass is 471 g/mol. The fraction of sp³-hybridized carbons (Fsp3) is 0.500. The molecule has 0 fully saturated rings. The lowest BCUT2D eigenvalue weighted by Gasteiger charge is -2.38. The molecule has 0 radical (unpaired) electrons. The summed E-state index contributed by atoms with van der Waals surface area (Å²) in [5.74, 6) is 2.89. The minimum atomic E-state index is -0.337. The second-order valence-electron chi connectivity index (χ2n) is 8.59. The zero-order valence-electron chi connectivity index (χ0n) is 20.8. The SMILES string of the molecule is COc1cc2c(cc1OC)CN1Cc3c(c(COC(C)=O)c(OC)c(OC)c3OC)CC1CC2. The second kappa shape index (κ2) is 10.0. The summed E-state index contributed by atoms with van der Waals surface area (Å²) in [6.07, 6.45) is 2.73. The van der Waals surface area contributed by atoms with Crippen LogP contribution in [0, 0.1) is 0 Å². The van der Waals surface area contributed by atoms with Crippen molar-refractivity contribution in [1.29, 1.82) is 0 Å². The summed E-state index contributed by atoms with van der Waals surface area (Å²) in [5.41, 5.74) is 5.51. The highest BCUT2D eigenvalue weighted by Crippen LogP contribution is 2.49. The number of carbonyl (C=O) groups excluding carboxylic acids is 1. The summed E-state index contributed by atoms with van der Waals surface area (Å²) < 4.78 is 33.8. The first-order valence-corrected chi connectivity index (χ1v) is 11.4. The Bertz CT molecular complexity index is 1080. The van der Waals surface area contributed by atoms with Crippen molar-refractivity contribution >= 4 is 5.97 Å². The molecule has 2 aromatic carbocycles. The number of nitrogens with zero attached hydrogens (tertiary/aromatic N) is 1. The molecule has 0 N–H and O–H groups in total. The molecule has 0 amide bonds. The van der Waals surface area contributed by atoms with Crippen molar-refractivity contribution in [2.75, 3.05) is 35.5 Å². The first-order valence-electron chi connectivity index (χ1n) is 11.4. The smallest absolute Gasteiger partial charge is 0.302 e. The molecule has 0 saturated heterocycles. The fourth-order valence-electron chi connectivity index (χ4n) is 5.24. The van der Waals surface area contributed by atoms with E-state index in [1.54, 1.807) is 35.5 Å². The van der Waals surface area contributed by atoms with E-state index >= 15 is 0 Å². The summed E-state index contributed by atoms with van der Waals surface area (Å²) in [5, 5.41) is 0. The highest BCUT2D eigenvalue weighted by molar-refractivity contribution is 5.68. The minimum Gasteiger partial charge on any atom is -0.493 e. The van der Waals surface area contributed by atoms with Crippen molar-refractivity contribution in [2.45, 2.75) is 51.9 Å². The quantitative estimate of drug-likeness (QED) is 0.567. The molecule has 1 unspecified atom stereocenters. The van der Waals surface area contributed by atoms with Crippen LogP contribution in [0.4, 0.5) is 0 Å². The molecule has 0 aromatic heterocycles. The lowest BCUT2D eigenvalue weighted by atomic mass is 9.87. The lowest BCUT2D eigenvalue weighted by Crippen LogP contribution is -2.40. The molecule has 0 saturated carbocycles. The van der Waals surface area contributed by atoms with E-state index in [1.165, 1.54) is 18.1 Å². The maximum Gasteiger partial charge on any atom is 0.302 e. The van der Waals surface area contributed by atoms with Gasteiger partial charge in [-0.25, -0.2) is 0 Å². The molecule has 4 rings (SSSR count). The van der Waals surface area contributed by atoms with Crippen LogP contribution in [0.3, 0.4) is 0 Å². The first kappa shape index (κ1) is 24.0. The third-order valence-electron chi connectivity index (χ3n) is 6.86. The van der Waals surface area contributed by atoms with Gasteiger partial charge in [-0.2, -0.15) is 0 Å². The standard InChI is InChI=1S/C26H33NO7/c1-15(28)34-14-21-19-11-18-8-7-16-9-22(29-2)23(30-3)10-17(16)12-27(18)13-20(19)24(31-4)26(33-6)25(21)32-5/h9-10,18H,7-8,11-14H2,1-6H3. The van der Waals surface area contributed by atoms with Gasteiger partial charge in [0, 0.05) is 37.2 Å². The third-order valence-corrected chi connectivity index (χ3v) is 6.86. The van der Waals surface area contributed by atoms with E-state index in [1.807, 2.05) is 0 Å². The largest absolute Gasteiger partial charge is 0.493 e. The second-order valence-corrected chi connectivity index (χ2v) is 8.59. The van der Waals surface area contributed by atoms with Gasteiger partial charge in [0.15, 0.2) is 23.0 Å².